The lowest BCUT2D eigenvalue weighted by atomic mass is 10.1. The summed E-state index contributed by atoms with van der Waals surface area (Å²) in [7, 11) is 0. The summed E-state index contributed by atoms with van der Waals surface area (Å²) in [6, 6.07) is 15.6. The van der Waals surface area contributed by atoms with Crippen LogP contribution in [-0.2, 0) is 0 Å². The van der Waals surface area contributed by atoms with Crippen molar-refractivity contribution in [3.05, 3.63) is 75.6 Å². The number of amides is 2. The molecule has 2 heterocycles. The number of thiophene rings is 1. The van der Waals surface area contributed by atoms with E-state index >= 15 is 0 Å². The van der Waals surface area contributed by atoms with Gasteiger partial charge in [-0.1, -0.05) is 35.9 Å². The second-order valence-corrected chi connectivity index (χ2v) is 7.37. The van der Waals surface area contributed by atoms with Crippen molar-refractivity contribution in [1.29, 1.82) is 0 Å². The first-order valence-electron chi connectivity index (χ1n) is 7.86. The Morgan fingerprint density at radius 3 is 2.08 bits per heavy atom. The summed E-state index contributed by atoms with van der Waals surface area (Å²) in [6.45, 7) is 1.43. The van der Waals surface area contributed by atoms with Gasteiger partial charge in [0.25, 0.3) is 11.8 Å². The van der Waals surface area contributed by atoms with Crippen LogP contribution in [0.5, 0.6) is 0 Å². The Balaban J connectivity index is 1.85. The van der Waals surface area contributed by atoms with E-state index < -0.39 is 11.8 Å². The van der Waals surface area contributed by atoms with Gasteiger partial charge in [-0.3, -0.25) is 14.4 Å². The Hall–Kier alpha value is -2.76. The average molecular weight is 382 g/mol. The molecule has 0 saturated heterocycles. The number of Topliss-reactive ketones (excluding diaryl/α,β-unsaturated/α-hetero) is 1. The number of ketones is 1. The molecule has 0 saturated carbocycles. The maximum Gasteiger partial charge on any atom is 0.266 e. The SMILES string of the molecule is CC(=O)c1sc(-c2ccc(Cl)cc2)cc1N1C(=O)c2ccccc2C1=O. The first-order valence-corrected chi connectivity index (χ1v) is 9.05. The van der Waals surface area contributed by atoms with Gasteiger partial charge in [0, 0.05) is 16.8 Å². The number of nitrogens with zero attached hydrogens (tertiary/aromatic N) is 1. The monoisotopic (exact) mass is 381 g/mol. The maximum absolute atomic E-state index is 12.8. The lowest BCUT2D eigenvalue weighted by Gasteiger charge is -2.13. The summed E-state index contributed by atoms with van der Waals surface area (Å²) in [5.41, 5.74) is 1.90. The normalized spacial score (nSPS) is 13.2. The molecule has 1 aromatic heterocycles. The molecule has 26 heavy (non-hydrogen) atoms. The van der Waals surface area contributed by atoms with E-state index in [1.165, 1.54) is 18.3 Å². The highest BCUT2D eigenvalue weighted by molar-refractivity contribution is 7.18. The summed E-state index contributed by atoms with van der Waals surface area (Å²) >= 11 is 7.19. The highest BCUT2D eigenvalue weighted by Gasteiger charge is 2.38. The van der Waals surface area contributed by atoms with Gasteiger partial charge in [0.2, 0.25) is 0 Å². The lowest BCUT2D eigenvalue weighted by Crippen LogP contribution is -2.30. The molecule has 4 rings (SSSR count). The van der Waals surface area contributed by atoms with Crippen molar-refractivity contribution < 1.29 is 14.4 Å². The van der Waals surface area contributed by atoms with Crippen LogP contribution in [0.15, 0.2) is 54.6 Å². The second kappa shape index (κ2) is 6.20. The van der Waals surface area contributed by atoms with E-state index in [1.807, 2.05) is 12.1 Å². The van der Waals surface area contributed by atoms with Crippen molar-refractivity contribution in [2.45, 2.75) is 6.92 Å². The number of anilines is 1. The fourth-order valence-corrected chi connectivity index (χ4v) is 4.13. The highest BCUT2D eigenvalue weighted by Crippen LogP contribution is 2.40. The van der Waals surface area contributed by atoms with Crippen LogP contribution in [0.3, 0.4) is 0 Å². The van der Waals surface area contributed by atoms with Crippen molar-refractivity contribution in [3.8, 4) is 10.4 Å². The summed E-state index contributed by atoms with van der Waals surface area (Å²) in [5, 5.41) is 0.609. The molecule has 0 radical (unpaired) electrons. The van der Waals surface area contributed by atoms with Gasteiger partial charge in [-0.2, -0.15) is 0 Å². The predicted molar refractivity (Wildman–Crippen MR) is 102 cm³/mol. The predicted octanol–water partition coefficient (Wildman–Crippen LogP) is 5.07. The molecule has 6 heteroatoms. The van der Waals surface area contributed by atoms with Crippen LogP contribution in [0.1, 0.15) is 37.3 Å². The zero-order chi connectivity index (χ0) is 18.4. The third-order valence-corrected chi connectivity index (χ3v) is 5.72. The molecule has 128 valence electrons. The van der Waals surface area contributed by atoms with E-state index in [4.69, 9.17) is 11.6 Å². The van der Waals surface area contributed by atoms with Crippen LogP contribution in [0.2, 0.25) is 5.02 Å². The molecule has 0 unspecified atom stereocenters. The third kappa shape index (κ3) is 2.57. The Morgan fingerprint density at radius 1 is 0.962 bits per heavy atom. The van der Waals surface area contributed by atoms with E-state index in [0.717, 1.165) is 15.3 Å². The summed E-state index contributed by atoms with van der Waals surface area (Å²) in [4.78, 5) is 39.9. The van der Waals surface area contributed by atoms with Crippen LogP contribution >= 0.6 is 22.9 Å². The number of halogens is 1. The summed E-state index contributed by atoms with van der Waals surface area (Å²) in [5.74, 6) is -1.01. The maximum atomic E-state index is 12.8. The fourth-order valence-electron chi connectivity index (χ4n) is 2.96. The van der Waals surface area contributed by atoms with E-state index in [1.54, 1.807) is 42.5 Å². The lowest BCUT2D eigenvalue weighted by molar-refractivity contribution is 0.0926. The van der Waals surface area contributed by atoms with Gasteiger partial charge in [-0.25, -0.2) is 4.90 Å². The molecule has 0 aliphatic carbocycles. The van der Waals surface area contributed by atoms with Crippen molar-refractivity contribution in [2.75, 3.05) is 4.90 Å². The van der Waals surface area contributed by atoms with Crippen molar-refractivity contribution in [1.82, 2.24) is 0 Å². The zero-order valence-electron chi connectivity index (χ0n) is 13.7. The Morgan fingerprint density at radius 2 is 1.54 bits per heavy atom. The minimum atomic E-state index is -0.409. The molecule has 0 spiro atoms. The van der Waals surface area contributed by atoms with Crippen molar-refractivity contribution >= 4 is 46.2 Å². The van der Waals surface area contributed by atoms with Crippen LogP contribution in [0, 0.1) is 0 Å². The molecule has 0 fully saturated rings. The summed E-state index contributed by atoms with van der Waals surface area (Å²) < 4.78 is 0. The minimum absolute atomic E-state index is 0.193. The second-order valence-electron chi connectivity index (χ2n) is 5.88. The zero-order valence-corrected chi connectivity index (χ0v) is 15.2. The molecule has 0 atom stereocenters. The number of fused-ring (bicyclic) bond motifs is 1. The van der Waals surface area contributed by atoms with E-state index in [2.05, 4.69) is 0 Å². The van der Waals surface area contributed by atoms with Gasteiger partial charge in [-0.05, 0) is 35.9 Å². The molecule has 2 amide bonds. The molecule has 0 N–H and O–H groups in total. The quantitative estimate of drug-likeness (QED) is 0.470. The molecule has 0 bridgehead atoms. The average Bonchev–Trinajstić information content (AvgIpc) is 3.16. The van der Waals surface area contributed by atoms with Gasteiger partial charge in [0.15, 0.2) is 5.78 Å². The minimum Gasteiger partial charge on any atom is -0.294 e. The number of hydrogen-bond donors (Lipinski definition) is 0. The number of imide groups is 1. The first-order chi connectivity index (χ1) is 12.5. The van der Waals surface area contributed by atoms with Crippen LogP contribution < -0.4 is 4.90 Å². The molecule has 3 aromatic rings. The van der Waals surface area contributed by atoms with E-state index in [0.29, 0.717) is 26.7 Å². The van der Waals surface area contributed by atoms with Gasteiger partial charge in [0.1, 0.15) is 0 Å². The Bertz CT molecular complexity index is 1030. The number of hydrogen-bond acceptors (Lipinski definition) is 4. The Kier molecular flexibility index (Phi) is 3.98. The van der Waals surface area contributed by atoms with Crippen LogP contribution in [-0.4, -0.2) is 17.6 Å². The molecular formula is C20H12ClNO3S. The van der Waals surface area contributed by atoms with Crippen LogP contribution in [0.4, 0.5) is 5.69 Å². The number of carbonyl (C=O) groups is 3. The molecule has 2 aromatic carbocycles. The number of carbonyl (C=O) groups excluding carboxylic acids is 3. The topological polar surface area (TPSA) is 54.5 Å². The molecule has 1 aliphatic heterocycles. The van der Waals surface area contributed by atoms with Gasteiger partial charge in [-0.15, -0.1) is 11.3 Å². The third-order valence-electron chi connectivity index (χ3n) is 4.20. The standard InChI is InChI=1S/C20H12ClNO3S/c1-11(23)18-16(10-17(26-18)12-6-8-13(21)9-7-12)22-19(24)14-4-2-3-5-15(14)20(22)25/h2-10H,1H3. The van der Waals surface area contributed by atoms with Gasteiger partial charge < -0.3 is 0 Å². The van der Waals surface area contributed by atoms with Gasteiger partial charge >= 0.3 is 0 Å². The summed E-state index contributed by atoms with van der Waals surface area (Å²) in [6.07, 6.45) is 0. The molecular weight excluding hydrogens is 370 g/mol. The molecule has 4 nitrogen and oxygen atoms in total. The van der Waals surface area contributed by atoms with Crippen molar-refractivity contribution in [3.63, 3.8) is 0 Å². The largest absolute Gasteiger partial charge is 0.294 e. The van der Waals surface area contributed by atoms with E-state index in [9.17, 15) is 14.4 Å². The Labute approximate surface area is 158 Å². The number of benzene rings is 2. The van der Waals surface area contributed by atoms with Crippen LogP contribution in [0.25, 0.3) is 10.4 Å². The molecule has 1 aliphatic rings. The van der Waals surface area contributed by atoms with Crippen molar-refractivity contribution in [2.24, 2.45) is 0 Å². The fraction of sp³-hybridized carbons (Fsp3) is 0.0500. The number of rotatable bonds is 3. The smallest absolute Gasteiger partial charge is 0.266 e. The highest BCUT2D eigenvalue weighted by atomic mass is 35.5. The van der Waals surface area contributed by atoms with E-state index in [-0.39, 0.29) is 5.78 Å². The first kappa shape index (κ1) is 16.7. The van der Waals surface area contributed by atoms with Gasteiger partial charge in [0.05, 0.1) is 21.7 Å².